The number of nitrogens with zero attached hydrogens (tertiary/aromatic N) is 3. The molecule has 0 saturated carbocycles. The fourth-order valence-electron chi connectivity index (χ4n) is 5.77. The molecule has 8 aromatic rings. The summed E-state index contributed by atoms with van der Waals surface area (Å²) in [6.07, 6.45) is 0. The highest BCUT2D eigenvalue weighted by Gasteiger charge is 2.19. The molecule has 0 fully saturated rings. The Balaban J connectivity index is 1.27. The van der Waals surface area contributed by atoms with Gasteiger partial charge in [0.2, 0.25) is 5.71 Å². The maximum absolute atomic E-state index is 6.43. The molecule has 0 amide bonds. The number of benzene rings is 5. The zero-order valence-electron chi connectivity index (χ0n) is 23.4. The zero-order valence-corrected chi connectivity index (χ0v) is 23.4. The first-order valence-corrected chi connectivity index (χ1v) is 14.2. The summed E-state index contributed by atoms with van der Waals surface area (Å²) in [4.78, 5) is 10.0. The molecule has 0 saturated heterocycles. The summed E-state index contributed by atoms with van der Waals surface area (Å²) < 4.78 is 8.65. The van der Waals surface area contributed by atoms with Gasteiger partial charge in [0.1, 0.15) is 0 Å². The molecule has 0 atom stereocenters. The molecule has 5 aromatic carbocycles. The monoisotopic (exact) mass is 541 g/mol. The van der Waals surface area contributed by atoms with Crippen LogP contribution in [0.25, 0.3) is 72.7 Å². The number of fused-ring (bicyclic) bond motifs is 5. The molecule has 0 spiro atoms. The van der Waals surface area contributed by atoms with Crippen molar-refractivity contribution in [2.24, 2.45) is 0 Å². The third kappa shape index (κ3) is 4.00. The minimum Gasteiger partial charge on any atom is -0.438 e. The molecule has 4 heteroatoms. The lowest BCUT2D eigenvalue weighted by atomic mass is 10.0. The van der Waals surface area contributed by atoms with Gasteiger partial charge in [-0.25, -0.2) is 9.97 Å². The van der Waals surface area contributed by atoms with Crippen molar-refractivity contribution in [2.45, 2.75) is 13.8 Å². The number of aryl methyl sites for hydroxylation is 2. The van der Waals surface area contributed by atoms with Crippen LogP contribution in [-0.4, -0.2) is 14.4 Å². The topological polar surface area (TPSA) is 43.3 Å². The molecule has 4 nitrogen and oxygen atoms in total. The summed E-state index contributed by atoms with van der Waals surface area (Å²) in [6, 6.07) is 44.3. The van der Waals surface area contributed by atoms with Gasteiger partial charge in [-0.05, 0) is 43.7 Å². The lowest BCUT2D eigenvalue weighted by molar-refractivity contribution is 0.658. The molecule has 3 aromatic heterocycles. The van der Waals surface area contributed by atoms with Crippen molar-refractivity contribution < 1.29 is 4.42 Å². The van der Waals surface area contributed by atoms with E-state index in [9.17, 15) is 0 Å². The van der Waals surface area contributed by atoms with Crippen molar-refractivity contribution in [3.8, 4) is 45.0 Å². The van der Waals surface area contributed by atoms with Crippen LogP contribution in [0, 0.1) is 13.8 Å². The van der Waals surface area contributed by atoms with Crippen molar-refractivity contribution in [1.82, 2.24) is 14.4 Å². The van der Waals surface area contributed by atoms with E-state index in [2.05, 4.69) is 134 Å². The Bertz CT molecular complexity index is 2170. The van der Waals surface area contributed by atoms with Gasteiger partial charge in [-0.3, -0.25) is 4.40 Å². The summed E-state index contributed by atoms with van der Waals surface area (Å²) >= 11 is 0. The van der Waals surface area contributed by atoms with Crippen LogP contribution in [0.2, 0.25) is 0 Å². The van der Waals surface area contributed by atoms with Gasteiger partial charge < -0.3 is 4.42 Å². The molecule has 0 aliphatic rings. The molecule has 0 bridgehead atoms. The van der Waals surface area contributed by atoms with Crippen LogP contribution in [0.4, 0.5) is 0 Å². The Morgan fingerprint density at radius 2 is 1.05 bits per heavy atom. The molecule has 200 valence electrons. The van der Waals surface area contributed by atoms with Crippen LogP contribution in [-0.2, 0) is 0 Å². The van der Waals surface area contributed by atoms with Crippen LogP contribution in [0.3, 0.4) is 0 Å². The molecule has 0 aliphatic heterocycles. The van der Waals surface area contributed by atoms with Crippen molar-refractivity contribution in [3.05, 3.63) is 139 Å². The molecule has 42 heavy (non-hydrogen) atoms. The fourth-order valence-corrected chi connectivity index (χ4v) is 5.77. The maximum Gasteiger partial charge on any atom is 0.213 e. The molecular weight excluding hydrogens is 514 g/mol. The van der Waals surface area contributed by atoms with E-state index in [0.717, 1.165) is 67.4 Å². The first-order chi connectivity index (χ1) is 20.6. The first kappa shape index (κ1) is 24.3. The molecular formula is C38H27N3O. The summed E-state index contributed by atoms with van der Waals surface area (Å²) in [5.74, 6) is 0.717. The lowest BCUT2D eigenvalue weighted by Gasteiger charge is -2.10. The highest BCUT2D eigenvalue weighted by molar-refractivity contribution is 6.07. The van der Waals surface area contributed by atoms with Gasteiger partial charge in [-0.2, -0.15) is 0 Å². The number of hydrogen-bond acceptors (Lipinski definition) is 3. The van der Waals surface area contributed by atoms with Gasteiger partial charge >= 0.3 is 0 Å². The average Bonchev–Trinajstić information content (AvgIpc) is 3.56. The van der Waals surface area contributed by atoms with E-state index in [1.54, 1.807) is 0 Å². The highest BCUT2D eigenvalue weighted by atomic mass is 16.3. The van der Waals surface area contributed by atoms with E-state index in [1.165, 1.54) is 16.5 Å². The van der Waals surface area contributed by atoms with Crippen molar-refractivity contribution in [1.29, 1.82) is 0 Å². The smallest absolute Gasteiger partial charge is 0.213 e. The number of para-hydroxylation sites is 3. The number of aromatic nitrogens is 3. The molecule has 0 unspecified atom stereocenters. The predicted octanol–water partition coefficient (Wildman–Crippen LogP) is 9.91. The van der Waals surface area contributed by atoms with Crippen LogP contribution >= 0.6 is 0 Å². The minimum atomic E-state index is 0.717. The Labute approximate surface area is 243 Å². The van der Waals surface area contributed by atoms with E-state index in [-0.39, 0.29) is 0 Å². The molecule has 0 aliphatic carbocycles. The van der Waals surface area contributed by atoms with Gasteiger partial charge in [-0.15, -0.1) is 0 Å². The third-order valence-electron chi connectivity index (χ3n) is 8.00. The van der Waals surface area contributed by atoms with Gasteiger partial charge in [0.05, 0.1) is 28.0 Å². The van der Waals surface area contributed by atoms with Crippen LogP contribution < -0.4 is 0 Å². The quantitative estimate of drug-likeness (QED) is 0.223. The summed E-state index contributed by atoms with van der Waals surface area (Å²) in [5.41, 5.74) is 13.5. The molecule has 0 N–H and O–H groups in total. The van der Waals surface area contributed by atoms with Gasteiger partial charge in [0, 0.05) is 22.1 Å². The van der Waals surface area contributed by atoms with E-state index in [0.29, 0.717) is 0 Å². The Kier molecular flexibility index (Phi) is 5.54. The predicted molar refractivity (Wildman–Crippen MR) is 171 cm³/mol. The lowest BCUT2D eigenvalue weighted by Crippen LogP contribution is -1.96. The minimum absolute atomic E-state index is 0.717. The molecule has 8 rings (SSSR count). The Morgan fingerprint density at radius 1 is 0.524 bits per heavy atom. The summed E-state index contributed by atoms with van der Waals surface area (Å²) in [7, 11) is 0. The van der Waals surface area contributed by atoms with Gasteiger partial charge in [-0.1, -0.05) is 114 Å². The highest BCUT2D eigenvalue weighted by Crippen LogP contribution is 2.39. The second kappa shape index (κ2) is 9.57. The van der Waals surface area contributed by atoms with Crippen LogP contribution in [0.15, 0.2) is 132 Å². The summed E-state index contributed by atoms with van der Waals surface area (Å²) in [5, 5.41) is 1.17. The Morgan fingerprint density at radius 3 is 1.71 bits per heavy atom. The SMILES string of the molecule is Cc1ccc(-c2cc(-c3ccc(-c4c5ccccc5n5c4oc4ccccc45)cc3)nc(-c3ccc(C)cc3)n2)cc1. The normalized spacial score (nSPS) is 11.6. The van der Waals surface area contributed by atoms with Crippen molar-refractivity contribution >= 4 is 27.7 Å². The number of oxazole rings is 1. The average molecular weight is 542 g/mol. The second-order valence-corrected chi connectivity index (χ2v) is 10.9. The van der Waals surface area contributed by atoms with Crippen molar-refractivity contribution in [2.75, 3.05) is 0 Å². The first-order valence-electron chi connectivity index (χ1n) is 14.2. The molecule has 0 radical (unpaired) electrons. The maximum atomic E-state index is 6.43. The standard InChI is InChI=1S/C38H27N3O/c1-24-11-15-26(16-12-24)31-23-32(40-37(39-31)29-17-13-25(2)14-18-29)27-19-21-28(22-20-27)36-30-7-3-4-8-33(30)41-34-9-5-6-10-35(34)42-38(36)41/h3-23H,1-2H3. The van der Waals surface area contributed by atoms with Crippen molar-refractivity contribution in [3.63, 3.8) is 0 Å². The largest absolute Gasteiger partial charge is 0.438 e. The van der Waals surface area contributed by atoms with E-state index in [4.69, 9.17) is 14.4 Å². The fraction of sp³-hybridized carbons (Fsp3) is 0.0526. The van der Waals surface area contributed by atoms with E-state index < -0.39 is 0 Å². The summed E-state index contributed by atoms with van der Waals surface area (Å²) in [6.45, 7) is 4.19. The van der Waals surface area contributed by atoms with Crippen LogP contribution in [0.1, 0.15) is 11.1 Å². The van der Waals surface area contributed by atoms with E-state index in [1.807, 2.05) is 12.1 Å². The number of hydrogen-bond donors (Lipinski definition) is 0. The van der Waals surface area contributed by atoms with Crippen LogP contribution in [0.5, 0.6) is 0 Å². The van der Waals surface area contributed by atoms with Gasteiger partial charge in [0.15, 0.2) is 11.4 Å². The van der Waals surface area contributed by atoms with E-state index >= 15 is 0 Å². The third-order valence-corrected chi connectivity index (χ3v) is 8.00. The Hall–Kier alpha value is -5.48. The number of rotatable bonds is 4. The zero-order chi connectivity index (χ0) is 28.2. The second-order valence-electron chi connectivity index (χ2n) is 10.9. The van der Waals surface area contributed by atoms with Gasteiger partial charge in [0.25, 0.3) is 0 Å². The molecule has 3 heterocycles.